The zero-order chi connectivity index (χ0) is 20.2. The van der Waals surface area contributed by atoms with Crippen molar-refractivity contribution in [1.82, 2.24) is 14.9 Å². The Morgan fingerprint density at radius 2 is 1.83 bits per heavy atom. The molecule has 0 aliphatic rings. The summed E-state index contributed by atoms with van der Waals surface area (Å²) in [6.45, 7) is 4.18. The number of hydrogen-bond acceptors (Lipinski definition) is 3. The first-order valence-electron chi connectivity index (χ1n) is 9.63. The fraction of sp³-hybridized carbons (Fsp3) is 0.167. The van der Waals surface area contributed by atoms with E-state index in [1.165, 1.54) is 0 Å². The number of aromatic nitrogens is 2. The Hall–Kier alpha value is -3.60. The van der Waals surface area contributed by atoms with Gasteiger partial charge in [-0.25, -0.2) is 4.98 Å². The standard InChI is InChI=1S/C24H23N3O2/c1-17(29-23-9-5-7-20-6-3-4-8-22(20)23)24(28)26-16-19-10-12-21(13-11-19)27-15-14-25-18(27)2/h3-15,17H,16H2,1-2H3,(H,26,28). The SMILES string of the molecule is Cc1nccn1-c1ccc(CNC(=O)C(C)Oc2cccc3ccccc23)cc1. The quantitative estimate of drug-likeness (QED) is 0.535. The van der Waals surface area contributed by atoms with Crippen molar-refractivity contribution in [3.63, 3.8) is 0 Å². The van der Waals surface area contributed by atoms with Crippen LogP contribution in [0.3, 0.4) is 0 Å². The molecule has 3 aromatic carbocycles. The highest BCUT2D eigenvalue weighted by atomic mass is 16.5. The summed E-state index contributed by atoms with van der Waals surface area (Å²) in [6.07, 6.45) is 3.12. The normalized spacial score (nSPS) is 11.9. The molecule has 1 heterocycles. The first kappa shape index (κ1) is 18.7. The van der Waals surface area contributed by atoms with Gasteiger partial charge in [-0.05, 0) is 43.0 Å². The van der Waals surface area contributed by atoms with Gasteiger partial charge in [0.2, 0.25) is 0 Å². The Bertz CT molecular complexity index is 1130. The van der Waals surface area contributed by atoms with Crippen LogP contribution in [-0.4, -0.2) is 21.6 Å². The second-order valence-electron chi connectivity index (χ2n) is 6.97. The minimum absolute atomic E-state index is 0.146. The van der Waals surface area contributed by atoms with Crippen molar-refractivity contribution < 1.29 is 9.53 Å². The van der Waals surface area contributed by atoms with E-state index in [2.05, 4.69) is 10.3 Å². The Morgan fingerprint density at radius 1 is 1.07 bits per heavy atom. The van der Waals surface area contributed by atoms with Gasteiger partial charge in [-0.2, -0.15) is 0 Å². The molecule has 29 heavy (non-hydrogen) atoms. The number of rotatable bonds is 6. The van der Waals surface area contributed by atoms with E-state index in [9.17, 15) is 4.79 Å². The summed E-state index contributed by atoms with van der Waals surface area (Å²) >= 11 is 0. The number of nitrogens with zero attached hydrogens (tertiary/aromatic N) is 2. The summed E-state index contributed by atoms with van der Waals surface area (Å²) in [7, 11) is 0. The molecule has 1 aromatic heterocycles. The third-order valence-electron chi connectivity index (χ3n) is 4.93. The first-order valence-corrected chi connectivity index (χ1v) is 9.63. The molecule has 0 aliphatic carbocycles. The molecule has 0 radical (unpaired) electrons. The smallest absolute Gasteiger partial charge is 0.261 e. The van der Waals surface area contributed by atoms with E-state index in [0.717, 1.165) is 27.8 Å². The summed E-state index contributed by atoms with van der Waals surface area (Å²) < 4.78 is 7.95. The zero-order valence-corrected chi connectivity index (χ0v) is 16.5. The number of fused-ring (bicyclic) bond motifs is 1. The maximum absolute atomic E-state index is 12.5. The zero-order valence-electron chi connectivity index (χ0n) is 16.5. The molecule has 5 nitrogen and oxygen atoms in total. The summed E-state index contributed by atoms with van der Waals surface area (Å²) in [5, 5.41) is 5.04. The third kappa shape index (κ3) is 4.14. The van der Waals surface area contributed by atoms with Gasteiger partial charge in [0.1, 0.15) is 11.6 Å². The van der Waals surface area contributed by atoms with Gasteiger partial charge in [0.25, 0.3) is 5.91 Å². The van der Waals surface area contributed by atoms with E-state index in [4.69, 9.17) is 4.74 Å². The Labute approximate surface area is 170 Å². The number of amides is 1. The minimum atomic E-state index is -0.589. The molecule has 1 N–H and O–H groups in total. The predicted molar refractivity (Wildman–Crippen MR) is 114 cm³/mol. The fourth-order valence-corrected chi connectivity index (χ4v) is 3.30. The van der Waals surface area contributed by atoms with Crippen LogP contribution in [0.5, 0.6) is 5.75 Å². The molecule has 1 amide bonds. The van der Waals surface area contributed by atoms with Crippen LogP contribution in [0.1, 0.15) is 18.3 Å². The monoisotopic (exact) mass is 385 g/mol. The number of aryl methyl sites for hydroxylation is 1. The van der Waals surface area contributed by atoms with E-state index in [1.807, 2.05) is 84.4 Å². The van der Waals surface area contributed by atoms with Crippen molar-refractivity contribution in [1.29, 1.82) is 0 Å². The van der Waals surface area contributed by atoms with Gasteiger partial charge >= 0.3 is 0 Å². The van der Waals surface area contributed by atoms with Gasteiger partial charge in [0.05, 0.1) is 0 Å². The van der Waals surface area contributed by atoms with E-state index in [-0.39, 0.29) is 5.91 Å². The van der Waals surface area contributed by atoms with E-state index >= 15 is 0 Å². The molecule has 0 saturated carbocycles. The summed E-state index contributed by atoms with van der Waals surface area (Å²) in [6, 6.07) is 21.9. The fourth-order valence-electron chi connectivity index (χ4n) is 3.30. The number of benzene rings is 3. The van der Waals surface area contributed by atoms with Gasteiger partial charge in [-0.15, -0.1) is 0 Å². The van der Waals surface area contributed by atoms with E-state index < -0.39 is 6.10 Å². The molecule has 1 atom stereocenters. The number of carbonyl (C=O) groups excluding carboxylic acids is 1. The number of imidazole rings is 1. The average molecular weight is 385 g/mol. The van der Waals surface area contributed by atoms with Crippen LogP contribution in [0.2, 0.25) is 0 Å². The lowest BCUT2D eigenvalue weighted by Crippen LogP contribution is -2.35. The Morgan fingerprint density at radius 3 is 2.59 bits per heavy atom. The summed E-state index contributed by atoms with van der Waals surface area (Å²) in [5.41, 5.74) is 2.07. The van der Waals surface area contributed by atoms with E-state index in [0.29, 0.717) is 12.3 Å². The van der Waals surface area contributed by atoms with Crippen LogP contribution in [0.15, 0.2) is 79.1 Å². The summed E-state index contributed by atoms with van der Waals surface area (Å²) in [5.74, 6) is 1.50. The molecule has 4 aromatic rings. The lowest BCUT2D eigenvalue weighted by molar-refractivity contribution is -0.127. The van der Waals surface area contributed by atoms with Crippen LogP contribution in [0, 0.1) is 6.92 Å². The van der Waals surface area contributed by atoms with Crippen molar-refractivity contribution >= 4 is 16.7 Å². The molecule has 4 rings (SSSR count). The van der Waals surface area contributed by atoms with Crippen LogP contribution < -0.4 is 10.1 Å². The highest BCUT2D eigenvalue weighted by Gasteiger charge is 2.15. The lowest BCUT2D eigenvalue weighted by Gasteiger charge is -2.16. The van der Waals surface area contributed by atoms with Gasteiger partial charge < -0.3 is 14.6 Å². The van der Waals surface area contributed by atoms with Gasteiger partial charge in [-0.3, -0.25) is 4.79 Å². The molecule has 0 aliphatic heterocycles. The molecular weight excluding hydrogens is 362 g/mol. The molecule has 1 unspecified atom stereocenters. The second-order valence-corrected chi connectivity index (χ2v) is 6.97. The first-order chi connectivity index (χ1) is 14.1. The largest absolute Gasteiger partial charge is 0.480 e. The summed E-state index contributed by atoms with van der Waals surface area (Å²) in [4.78, 5) is 16.7. The van der Waals surface area contributed by atoms with Crippen molar-refractivity contribution in [2.45, 2.75) is 26.5 Å². The Kier molecular flexibility index (Phi) is 5.29. The molecular formula is C24H23N3O2. The van der Waals surface area contributed by atoms with Gasteiger partial charge in [0, 0.05) is 30.0 Å². The maximum atomic E-state index is 12.5. The average Bonchev–Trinajstić information content (AvgIpc) is 3.18. The second kappa shape index (κ2) is 8.19. The lowest BCUT2D eigenvalue weighted by atomic mass is 10.1. The third-order valence-corrected chi connectivity index (χ3v) is 4.93. The number of hydrogen-bond donors (Lipinski definition) is 1. The van der Waals surface area contributed by atoms with Crippen LogP contribution in [-0.2, 0) is 11.3 Å². The molecule has 0 fully saturated rings. The van der Waals surface area contributed by atoms with Gasteiger partial charge in [0.15, 0.2) is 6.10 Å². The molecule has 0 bridgehead atoms. The number of carbonyl (C=O) groups is 1. The topological polar surface area (TPSA) is 56.2 Å². The van der Waals surface area contributed by atoms with Crippen molar-refractivity contribution in [3.8, 4) is 11.4 Å². The van der Waals surface area contributed by atoms with Crippen molar-refractivity contribution in [2.75, 3.05) is 0 Å². The highest BCUT2D eigenvalue weighted by Crippen LogP contribution is 2.26. The minimum Gasteiger partial charge on any atom is -0.480 e. The highest BCUT2D eigenvalue weighted by molar-refractivity contribution is 5.89. The van der Waals surface area contributed by atoms with Gasteiger partial charge in [-0.1, -0.05) is 48.5 Å². The van der Waals surface area contributed by atoms with Crippen LogP contribution in [0.4, 0.5) is 0 Å². The molecule has 0 saturated heterocycles. The van der Waals surface area contributed by atoms with Crippen LogP contribution >= 0.6 is 0 Å². The molecule has 5 heteroatoms. The Balaban J connectivity index is 1.37. The maximum Gasteiger partial charge on any atom is 0.261 e. The molecule has 0 spiro atoms. The van der Waals surface area contributed by atoms with E-state index in [1.54, 1.807) is 13.1 Å². The van der Waals surface area contributed by atoms with Crippen molar-refractivity contribution in [2.24, 2.45) is 0 Å². The number of nitrogens with one attached hydrogen (secondary N) is 1. The predicted octanol–water partition coefficient (Wildman–Crippen LogP) is 4.42. The number of ether oxygens (including phenoxy) is 1. The molecule has 146 valence electrons. The van der Waals surface area contributed by atoms with Crippen LogP contribution in [0.25, 0.3) is 16.5 Å². The van der Waals surface area contributed by atoms with Crippen molar-refractivity contribution in [3.05, 3.63) is 90.5 Å².